The molecule has 4 aromatic carbocycles. The molecule has 46 heavy (non-hydrogen) atoms. The Morgan fingerprint density at radius 2 is 0.957 bits per heavy atom. The van der Waals surface area contributed by atoms with Gasteiger partial charge >= 0.3 is 23.9 Å². The fourth-order valence-electron chi connectivity index (χ4n) is 4.20. The Morgan fingerprint density at radius 1 is 0.587 bits per heavy atom. The number of benzene rings is 4. The van der Waals surface area contributed by atoms with E-state index in [1.165, 1.54) is 55.6 Å². The first-order valence-corrected chi connectivity index (χ1v) is 14.1. The van der Waals surface area contributed by atoms with Gasteiger partial charge in [0.05, 0.1) is 28.5 Å². The first kappa shape index (κ1) is 33.1. The Morgan fingerprint density at radius 3 is 1.37 bits per heavy atom. The molecular weight excluding hydrogens is 594 g/mol. The number of hydrogen-bond acceptors (Lipinski definition) is 11. The molecule has 0 aliphatic rings. The Hall–Kier alpha value is -5.81. The van der Waals surface area contributed by atoms with Crippen molar-refractivity contribution in [3.63, 3.8) is 0 Å². The second kappa shape index (κ2) is 16.9. The smallest absolute Gasteiger partial charge is 0.338 e. The second-order valence-corrected chi connectivity index (χ2v) is 9.68. The molecule has 4 atom stereocenters. The van der Waals surface area contributed by atoms with Crippen LogP contribution in [-0.2, 0) is 23.8 Å². The van der Waals surface area contributed by atoms with Crippen molar-refractivity contribution in [3.05, 3.63) is 144 Å². The topological polar surface area (TPSA) is 147 Å². The van der Waals surface area contributed by atoms with Crippen LogP contribution < -0.4 is 0 Å². The minimum Gasteiger partial charge on any atom is -0.459 e. The molecule has 11 heteroatoms. The summed E-state index contributed by atoms with van der Waals surface area (Å²) in [6.07, 6.45) is -5.83. The number of esters is 4. The summed E-state index contributed by atoms with van der Waals surface area (Å²) in [5.74, 6) is -3.41. The maximum Gasteiger partial charge on any atom is 0.338 e. The third-order valence-electron chi connectivity index (χ3n) is 6.49. The van der Waals surface area contributed by atoms with Crippen molar-refractivity contribution in [3.8, 4) is 0 Å². The molecule has 0 amide bonds. The predicted octanol–water partition coefficient (Wildman–Crippen LogP) is 4.51. The van der Waals surface area contributed by atoms with Crippen molar-refractivity contribution in [2.45, 2.75) is 24.4 Å². The zero-order valence-electron chi connectivity index (χ0n) is 24.7. The van der Waals surface area contributed by atoms with Crippen LogP contribution in [0, 0.1) is 0 Å². The number of ether oxygens (including phenoxy) is 4. The molecule has 0 saturated carbocycles. The van der Waals surface area contributed by atoms with Crippen LogP contribution in [0.15, 0.2) is 126 Å². The molecule has 11 nitrogen and oxygen atoms in total. The maximum absolute atomic E-state index is 13.4. The molecule has 0 saturated heterocycles. The first-order valence-electron chi connectivity index (χ1n) is 14.1. The molecular formula is C35H31NO10. The van der Waals surface area contributed by atoms with Crippen LogP contribution in [0.2, 0.25) is 0 Å². The van der Waals surface area contributed by atoms with Gasteiger partial charge in [-0.1, -0.05) is 78.0 Å². The highest BCUT2D eigenvalue weighted by atomic mass is 16.6. The minimum absolute atomic E-state index is 0.109. The van der Waals surface area contributed by atoms with Crippen LogP contribution in [0.5, 0.6) is 0 Å². The molecule has 0 aromatic heterocycles. The van der Waals surface area contributed by atoms with E-state index < -0.39 is 54.9 Å². The molecule has 0 radical (unpaired) electrons. The van der Waals surface area contributed by atoms with Crippen molar-refractivity contribution < 1.29 is 48.1 Å². The molecule has 1 N–H and O–H groups in total. The van der Waals surface area contributed by atoms with Gasteiger partial charge in [0.25, 0.3) is 0 Å². The van der Waals surface area contributed by atoms with Crippen molar-refractivity contribution in [2.75, 3.05) is 13.7 Å². The number of carbonyl (C=O) groups is 4. The van der Waals surface area contributed by atoms with Crippen LogP contribution in [0.3, 0.4) is 0 Å². The lowest BCUT2D eigenvalue weighted by Gasteiger charge is -2.33. The van der Waals surface area contributed by atoms with E-state index >= 15 is 0 Å². The molecule has 0 bridgehead atoms. The fraction of sp³-hybridized carbons (Fsp3) is 0.171. The third-order valence-corrected chi connectivity index (χ3v) is 6.49. The highest BCUT2D eigenvalue weighted by Gasteiger charge is 2.43. The van der Waals surface area contributed by atoms with Gasteiger partial charge in [-0.25, -0.2) is 19.2 Å². The Labute approximate surface area is 264 Å². The van der Waals surface area contributed by atoms with Gasteiger partial charge in [-0.3, -0.25) is 0 Å². The Bertz CT molecular complexity index is 1600. The van der Waals surface area contributed by atoms with E-state index in [9.17, 15) is 24.3 Å². The SMILES string of the molecule is CO/N=C/[C@H](OC(=O)c1ccccc1)[C@@H](OC(=O)c1ccccc1)[C@H](OC(=O)c1ccccc1)[C@H](O)COC(=O)c1ccccc1. The summed E-state index contributed by atoms with van der Waals surface area (Å²) in [5.41, 5.74) is 0.586. The largest absolute Gasteiger partial charge is 0.459 e. The van der Waals surface area contributed by atoms with Gasteiger partial charge < -0.3 is 28.9 Å². The fourth-order valence-corrected chi connectivity index (χ4v) is 4.20. The maximum atomic E-state index is 13.4. The van der Waals surface area contributed by atoms with Gasteiger partial charge in [0.2, 0.25) is 0 Å². The van der Waals surface area contributed by atoms with Gasteiger partial charge in [-0.15, -0.1) is 0 Å². The minimum atomic E-state index is -1.79. The van der Waals surface area contributed by atoms with Crippen LogP contribution in [-0.4, -0.2) is 73.3 Å². The Kier molecular flexibility index (Phi) is 12.1. The second-order valence-electron chi connectivity index (χ2n) is 9.68. The van der Waals surface area contributed by atoms with Gasteiger partial charge in [0.15, 0.2) is 18.3 Å². The van der Waals surface area contributed by atoms with Crippen molar-refractivity contribution >= 4 is 30.1 Å². The molecule has 4 rings (SSSR count). The molecule has 4 aromatic rings. The van der Waals surface area contributed by atoms with E-state index in [-0.39, 0.29) is 22.3 Å². The quantitative estimate of drug-likeness (QED) is 0.0919. The summed E-state index contributed by atoms with van der Waals surface area (Å²) in [4.78, 5) is 57.4. The highest BCUT2D eigenvalue weighted by Crippen LogP contribution is 2.21. The number of carbonyl (C=O) groups excluding carboxylic acids is 4. The van der Waals surface area contributed by atoms with E-state index in [4.69, 9.17) is 23.8 Å². The van der Waals surface area contributed by atoms with E-state index in [0.29, 0.717) is 0 Å². The summed E-state index contributed by atoms with van der Waals surface area (Å²) in [6, 6.07) is 31.7. The van der Waals surface area contributed by atoms with Gasteiger partial charge in [0.1, 0.15) is 19.8 Å². The zero-order valence-corrected chi connectivity index (χ0v) is 24.7. The number of rotatable bonds is 14. The normalized spacial score (nSPS) is 13.4. The van der Waals surface area contributed by atoms with E-state index in [0.717, 1.165) is 6.21 Å². The Balaban J connectivity index is 1.73. The molecule has 0 aliphatic heterocycles. The van der Waals surface area contributed by atoms with Gasteiger partial charge in [-0.2, -0.15) is 0 Å². The highest BCUT2D eigenvalue weighted by molar-refractivity contribution is 5.92. The summed E-state index contributed by atoms with van der Waals surface area (Å²) in [7, 11) is 1.24. The lowest BCUT2D eigenvalue weighted by Crippen LogP contribution is -2.52. The number of nitrogens with zero attached hydrogens (tertiary/aromatic N) is 1. The third kappa shape index (κ3) is 9.34. The summed E-state index contributed by atoms with van der Waals surface area (Å²) in [5, 5.41) is 15.1. The van der Waals surface area contributed by atoms with Crippen LogP contribution in [0.4, 0.5) is 0 Å². The van der Waals surface area contributed by atoms with Gasteiger partial charge in [-0.05, 0) is 48.5 Å². The lowest BCUT2D eigenvalue weighted by molar-refractivity contribution is -0.116. The lowest BCUT2D eigenvalue weighted by atomic mass is 10.0. The monoisotopic (exact) mass is 625 g/mol. The molecule has 236 valence electrons. The number of hydrogen-bond donors (Lipinski definition) is 1. The number of aliphatic hydroxyl groups is 1. The van der Waals surface area contributed by atoms with Crippen LogP contribution in [0.25, 0.3) is 0 Å². The summed E-state index contributed by atoms with van der Waals surface area (Å²) < 4.78 is 22.6. The van der Waals surface area contributed by atoms with Gasteiger partial charge in [0, 0.05) is 0 Å². The predicted molar refractivity (Wildman–Crippen MR) is 165 cm³/mol. The molecule has 0 unspecified atom stereocenters. The van der Waals surface area contributed by atoms with Crippen molar-refractivity contribution in [1.29, 1.82) is 0 Å². The average Bonchev–Trinajstić information content (AvgIpc) is 3.11. The van der Waals surface area contributed by atoms with E-state index in [1.807, 2.05) is 0 Å². The van der Waals surface area contributed by atoms with E-state index in [2.05, 4.69) is 5.16 Å². The summed E-state index contributed by atoms with van der Waals surface area (Å²) in [6.45, 7) is -0.694. The van der Waals surface area contributed by atoms with Crippen molar-refractivity contribution in [1.82, 2.24) is 0 Å². The standard InChI is InChI=1S/C35H31NO10/c1-42-36-22-29(44-33(39)25-16-8-3-9-17-25)31(46-35(41)27-20-12-5-13-21-27)30(45-34(40)26-18-10-4-11-19-26)28(37)23-43-32(38)24-14-6-2-7-15-24/h2-22,28-31,37H,23H2,1H3/b36-22+/t28-,29+,30-,31-/m1/s1. The number of aliphatic hydroxyl groups excluding tert-OH is 1. The number of oxime groups is 1. The van der Waals surface area contributed by atoms with Crippen LogP contribution >= 0.6 is 0 Å². The molecule has 0 spiro atoms. The molecule has 0 heterocycles. The average molecular weight is 626 g/mol. The zero-order chi connectivity index (χ0) is 32.7. The van der Waals surface area contributed by atoms with Crippen molar-refractivity contribution in [2.24, 2.45) is 5.16 Å². The first-order chi connectivity index (χ1) is 22.4. The molecule has 0 fully saturated rings. The van der Waals surface area contributed by atoms with E-state index in [1.54, 1.807) is 72.8 Å². The van der Waals surface area contributed by atoms with Crippen LogP contribution in [0.1, 0.15) is 41.4 Å². The summed E-state index contributed by atoms with van der Waals surface area (Å²) >= 11 is 0. The molecule has 0 aliphatic carbocycles.